The van der Waals surface area contributed by atoms with Crippen molar-refractivity contribution < 1.29 is 0 Å². The molecule has 57 heavy (non-hydrogen) atoms. The lowest BCUT2D eigenvalue weighted by Crippen LogP contribution is -2.28. The Morgan fingerprint density at radius 1 is 0.474 bits per heavy atom. The average Bonchev–Trinajstić information content (AvgIpc) is 3.78. The van der Waals surface area contributed by atoms with Crippen LogP contribution in [-0.4, -0.2) is 14.5 Å². The third-order valence-corrected chi connectivity index (χ3v) is 12.9. The van der Waals surface area contributed by atoms with E-state index in [9.17, 15) is 0 Å². The largest absolute Gasteiger partial charge is 0.309 e. The van der Waals surface area contributed by atoms with Gasteiger partial charge in [0.15, 0.2) is 5.82 Å². The third-order valence-electron chi connectivity index (χ3n) is 12.9. The molecule has 8 aromatic carbocycles. The van der Waals surface area contributed by atoms with E-state index in [1.165, 1.54) is 92.1 Å². The second kappa shape index (κ2) is 12.6. The number of hydrogen-bond donors (Lipinski definition) is 0. The van der Waals surface area contributed by atoms with Crippen LogP contribution in [0.25, 0.3) is 94.1 Å². The molecule has 1 fully saturated rings. The fourth-order valence-corrected chi connectivity index (χ4v) is 10.6. The highest BCUT2D eigenvalue weighted by atomic mass is 15.0. The van der Waals surface area contributed by atoms with Gasteiger partial charge in [-0.3, -0.25) is 0 Å². The molecule has 0 N–H and O–H groups in total. The number of rotatable bonds is 4. The van der Waals surface area contributed by atoms with E-state index in [1.54, 1.807) is 5.56 Å². The molecule has 0 saturated heterocycles. The molecular formula is C54H39N3. The second-order valence-electron chi connectivity index (χ2n) is 16.0. The summed E-state index contributed by atoms with van der Waals surface area (Å²) in [5.74, 6) is 0.714. The van der Waals surface area contributed by atoms with E-state index in [0.717, 1.165) is 33.8 Å². The van der Waals surface area contributed by atoms with E-state index in [2.05, 4.69) is 180 Å². The van der Waals surface area contributed by atoms with Crippen molar-refractivity contribution in [2.24, 2.45) is 0 Å². The molecule has 2 aliphatic carbocycles. The Bertz CT molecular complexity index is 3150. The lowest BCUT2D eigenvalue weighted by molar-refractivity contribution is 0.355. The van der Waals surface area contributed by atoms with Crippen molar-refractivity contribution in [3.05, 3.63) is 187 Å². The highest BCUT2D eigenvalue weighted by molar-refractivity contribution is 6.30. The van der Waals surface area contributed by atoms with Crippen molar-refractivity contribution in [1.29, 1.82) is 0 Å². The summed E-state index contributed by atoms with van der Waals surface area (Å²) in [6.45, 7) is 0. The van der Waals surface area contributed by atoms with Crippen LogP contribution in [0.3, 0.4) is 0 Å². The number of fused-ring (bicyclic) bond motifs is 14. The highest BCUT2D eigenvalue weighted by Crippen LogP contribution is 2.61. The molecule has 10 aromatic rings. The lowest BCUT2D eigenvalue weighted by atomic mass is 9.66. The van der Waals surface area contributed by atoms with Gasteiger partial charge in [-0.15, -0.1) is 0 Å². The summed E-state index contributed by atoms with van der Waals surface area (Å²) in [5, 5.41) is 7.96. The molecule has 0 amide bonds. The van der Waals surface area contributed by atoms with Crippen LogP contribution in [0, 0.1) is 0 Å². The van der Waals surface area contributed by atoms with Crippen molar-refractivity contribution in [3.8, 4) is 50.7 Å². The summed E-state index contributed by atoms with van der Waals surface area (Å²) in [6, 6.07) is 64.1. The second-order valence-corrected chi connectivity index (χ2v) is 16.0. The Morgan fingerprint density at radius 3 is 1.86 bits per heavy atom. The maximum absolute atomic E-state index is 5.24. The molecular weight excluding hydrogens is 691 g/mol. The van der Waals surface area contributed by atoms with Gasteiger partial charge in [-0.05, 0) is 75.5 Å². The van der Waals surface area contributed by atoms with E-state index >= 15 is 0 Å². The molecule has 2 aliphatic rings. The molecule has 2 heterocycles. The minimum absolute atomic E-state index is 0.0239. The smallest absolute Gasteiger partial charge is 0.160 e. The van der Waals surface area contributed by atoms with Gasteiger partial charge in [0.05, 0.1) is 22.4 Å². The monoisotopic (exact) mass is 729 g/mol. The van der Waals surface area contributed by atoms with E-state index in [1.807, 2.05) is 0 Å². The SMILES string of the molecule is c1ccc(-c2cc(-c3ccccc3)nc(-c3cccc(-n4c5ccc6ccccc6c5c5c6c(c7ccccc7c54)-c4ccccc4C64CCCCC4)c3)n2)cc1. The first-order chi connectivity index (χ1) is 28.3. The van der Waals surface area contributed by atoms with Crippen LogP contribution in [-0.2, 0) is 5.41 Å². The van der Waals surface area contributed by atoms with Crippen molar-refractivity contribution in [3.63, 3.8) is 0 Å². The van der Waals surface area contributed by atoms with Crippen LogP contribution in [0.1, 0.15) is 43.2 Å². The van der Waals surface area contributed by atoms with Gasteiger partial charge in [0, 0.05) is 44.0 Å². The quantitative estimate of drug-likeness (QED) is 0.181. The topological polar surface area (TPSA) is 30.7 Å². The zero-order valence-electron chi connectivity index (χ0n) is 31.6. The number of nitrogens with zero attached hydrogens (tertiary/aromatic N) is 3. The predicted molar refractivity (Wildman–Crippen MR) is 237 cm³/mol. The van der Waals surface area contributed by atoms with E-state index < -0.39 is 0 Å². The molecule has 0 aliphatic heterocycles. The summed E-state index contributed by atoms with van der Waals surface area (Å²) in [4.78, 5) is 10.5. The minimum Gasteiger partial charge on any atom is -0.309 e. The molecule has 0 bridgehead atoms. The summed E-state index contributed by atoms with van der Waals surface area (Å²) >= 11 is 0. The van der Waals surface area contributed by atoms with Crippen LogP contribution < -0.4 is 0 Å². The molecule has 270 valence electrons. The van der Waals surface area contributed by atoms with E-state index in [-0.39, 0.29) is 5.41 Å². The van der Waals surface area contributed by atoms with Gasteiger partial charge in [0.25, 0.3) is 0 Å². The maximum Gasteiger partial charge on any atom is 0.160 e. The van der Waals surface area contributed by atoms with E-state index in [4.69, 9.17) is 9.97 Å². The molecule has 3 heteroatoms. The first-order valence-electron chi connectivity index (χ1n) is 20.4. The van der Waals surface area contributed by atoms with Gasteiger partial charge >= 0.3 is 0 Å². The average molecular weight is 730 g/mol. The summed E-state index contributed by atoms with van der Waals surface area (Å²) in [7, 11) is 0. The van der Waals surface area contributed by atoms with Crippen LogP contribution in [0.5, 0.6) is 0 Å². The third kappa shape index (κ3) is 4.79. The van der Waals surface area contributed by atoms with Crippen LogP contribution >= 0.6 is 0 Å². The molecule has 2 aromatic heterocycles. The zero-order chi connectivity index (χ0) is 37.5. The molecule has 3 nitrogen and oxygen atoms in total. The number of hydrogen-bond acceptors (Lipinski definition) is 2. The lowest BCUT2D eigenvalue weighted by Gasteiger charge is -2.36. The number of aromatic nitrogens is 3. The molecule has 0 radical (unpaired) electrons. The first kappa shape index (κ1) is 32.4. The summed E-state index contributed by atoms with van der Waals surface area (Å²) in [5.41, 5.74) is 14.5. The van der Waals surface area contributed by atoms with Gasteiger partial charge in [0.1, 0.15) is 0 Å². The normalized spacial score (nSPS) is 14.5. The van der Waals surface area contributed by atoms with Crippen molar-refractivity contribution >= 4 is 43.4 Å². The predicted octanol–water partition coefficient (Wildman–Crippen LogP) is 14.1. The Balaban J connectivity index is 1.19. The van der Waals surface area contributed by atoms with Gasteiger partial charge in [-0.1, -0.05) is 171 Å². The van der Waals surface area contributed by atoms with Crippen LogP contribution in [0.4, 0.5) is 0 Å². The number of benzene rings is 8. The van der Waals surface area contributed by atoms with Gasteiger partial charge in [-0.25, -0.2) is 9.97 Å². The Kier molecular flexibility index (Phi) is 7.16. The standard InChI is InChI=1S/C54H39N3/c1-4-18-36(19-5-1)45-34-46(37-20-6-2-7-21-37)56-53(55-45)38-22-16-23-39(33-38)57-47-30-29-35-17-8-9-24-40(35)49(47)50-51-48(41-25-10-11-26-42(41)52(50)57)43-27-12-13-28-44(43)54(51)31-14-3-15-32-54/h1-2,4-13,16-30,33-34H,3,14-15,31-32H2. The van der Waals surface area contributed by atoms with E-state index in [0.29, 0.717) is 5.82 Å². The van der Waals surface area contributed by atoms with Crippen LogP contribution in [0.15, 0.2) is 176 Å². The fraction of sp³-hybridized carbons (Fsp3) is 0.111. The van der Waals surface area contributed by atoms with Crippen molar-refractivity contribution in [1.82, 2.24) is 14.5 Å². The van der Waals surface area contributed by atoms with Crippen molar-refractivity contribution in [2.45, 2.75) is 37.5 Å². The molecule has 12 rings (SSSR count). The highest BCUT2D eigenvalue weighted by Gasteiger charge is 2.46. The fourth-order valence-electron chi connectivity index (χ4n) is 10.6. The molecule has 1 spiro atoms. The Morgan fingerprint density at radius 2 is 1.11 bits per heavy atom. The molecule has 1 saturated carbocycles. The Labute approximate surface area is 331 Å². The Hall–Kier alpha value is -6.84. The molecule has 0 unspecified atom stereocenters. The minimum atomic E-state index is -0.0239. The van der Waals surface area contributed by atoms with Crippen molar-refractivity contribution in [2.75, 3.05) is 0 Å². The maximum atomic E-state index is 5.24. The zero-order valence-corrected chi connectivity index (χ0v) is 31.6. The molecule has 0 atom stereocenters. The first-order valence-corrected chi connectivity index (χ1v) is 20.4. The van der Waals surface area contributed by atoms with Gasteiger partial charge in [-0.2, -0.15) is 0 Å². The summed E-state index contributed by atoms with van der Waals surface area (Å²) in [6.07, 6.45) is 6.15. The van der Waals surface area contributed by atoms with Crippen LogP contribution in [0.2, 0.25) is 0 Å². The van der Waals surface area contributed by atoms with Gasteiger partial charge in [0.2, 0.25) is 0 Å². The van der Waals surface area contributed by atoms with Gasteiger partial charge < -0.3 is 4.57 Å². The summed E-state index contributed by atoms with van der Waals surface area (Å²) < 4.78 is 2.56.